The largest absolute Gasteiger partial charge is 0.497 e. The number of amides is 1. The number of rotatable bonds is 6. The number of anilines is 2. The highest BCUT2D eigenvalue weighted by molar-refractivity contribution is 6.06. The first-order valence-electron chi connectivity index (χ1n) is 9.60. The Morgan fingerprint density at radius 2 is 1.74 bits per heavy atom. The number of allylic oxidation sites excluding steroid dienone is 1. The van der Waals surface area contributed by atoms with Crippen molar-refractivity contribution in [3.63, 3.8) is 0 Å². The highest BCUT2D eigenvalue weighted by atomic mass is 16.5. The Morgan fingerprint density at radius 3 is 2.42 bits per heavy atom. The van der Waals surface area contributed by atoms with E-state index in [1.807, 2.05) is 31.2 Å². The Hall–Kier alpha value is -4.01. The van der Waals surface area contributed by atoms with Crippen molar-refractivity contribution in [3.05, 3.63) is 65.6 Å². The van der Waals surface area contributed by atoms with Crippen LogP contribution < -0.4 is 24.8 Å². The summed E-state index contributed by atoms with van der Waals surface area (Å²) in [6.45, 7) is 1.84. The van der Waals surface area contributed by atoms with Crippen LogP contribution >= 0.6 is 0 Å². The van der Waals surface area contributed by atoms with Crippen LogP contribution in [-0.4, -0.2) is 42.0 Å². The Bertz CT molecular complexity index is 1140. The van der Waals surface area contributed by atoms with Crippen molar-refractivity contribution in [2.75, 3.05) is 32.0 Å². The SMILES string of the molecule is COc1ccc(C2C(C(=O)Nc3ccc(OC)cc3OC)=C(C)Nc3ncnn32)cc1. The zero-order valence-corrected chi connectivity index (χ0v) is 17.7. The molecule has 0 saturated heterocycles. The molecule has 4 rings (SSSR count). The highest BCUT2D eigenvalue weighted by Gasteiger charge is 2.33. The Kier molecular flexibility index (Phi) is 5.48. The van der Waals surface area contributed by atoms with E-state index in [1.54, 1.807) is 44.2 Å². The molecule has 1 atom stereocenters. The number of carbonyl (C=O) groups is 1. The molecule has 0 bridgehead atoms. The second-order valence-electron chi connectivity index (χ2n) is 6.89. The molecule has 2 heterocycles. The topological polar surface area (TPSA) is 99.5 Å². The van der Waals surface area contributed by atoms with Crippen LogP contribution in [0.2, 0.25) is 0 Å². The van der Waals surface area contributed by atoms with Gasteiger partial charge in [0, 0.05) is 11.8 Å². The van der Waals surface area contributed by atoms with E-state index in [1.165, 1.54) is 6.33 Å². The van der Waals surface area contributed by atoms with Gasteiger partial charge in [0.05, 0.1) is 32.6 Å². The average molecular weight is 421 g/mol. The molecule has 0 spiro atoms. The first-order valence-corrected chi connectivity index (χ1v) is 9.60. The summed E-state index contributed by atoms with van der Waals surface area (Å²) in [5.74, 6) is 2.14. The van der Waals surface area contributed by atoms with E-state index < -0.39 is 6.04 Å². The lowest BCUT2D eigenvalue weighted by Gasteiger charge is -2.29. The minimum Gasteiger partial charge on any atom is -0.497 e. The van der Waals surface area contributed by atoms with Gasteiger partial charge in [-0.25, -0.2) is 4.68 Å². The van der Waals surface area contributed by atoms with Crippen LogP contribution in [-0.2, 0) is 4.79 Å². The van der Waals surface area contributed by atoms with E-state index in [2.05, 4.69) is 20.7 Å². The van der Waals surface area contributed by atoms with Gasteiger partial charge in [0.25, 0.3) is 5.91 Å². The maximum absolute atomic E-state index is 13.5. The lowest BCUT2D eigenvalue weighted by atomic mass is 9.95. The van der Waals surface area contributed by atoms with Gasteiger partial charge < -0.3 is 24.8 Å². The molecule has 3 aromatic rings. The summed E-state index contributed by atoms with van der Waals surface area (Å²) in [6, 6.07) is 12.3. The van der Waals surface area contributed by atoms with Crippen LogP contribution in [0, 0.1) is 0 Å². The second kappa shape index (κ2) is 8.39. The number of methoxy groups -OCH3 is 3. The van der Waals surface area contributed by atoms with Crippen molar-refractivity contribution in [1.82, 2.24) is 14.8 Å². The van der Waals surface area contributed by atoms with E-state index in [4.69, 9.17) is 14.2 Å². The molecule has 9 heteroatoms. The summed E-state index contributed by atoms with van der Waals surface area (Å²) in [5.41, 5.74) is 2.61. The lowest BCUT2D eigenvalue weighted by molar-refractivity contribution is -0.113. The molecule has 2 N–H and O–H groups in total. The average Bonchev–Trinajstić information content (AvgIpc) is 3.26. The van der Waals surface area contributed by atoms with E-state index >= 15 is 0 Å². The molecule has 1 unspecified atom stereocenters. The van der Waals surface area contributed by atoms with Gasteiger partial charge in [-0.1, -0.05) is 12.1 Å². The summed E-state index contributed by atoms with van der Waals surface area (Å²) in [7, 11) is 4.73. The maximum Gasteiger partial charge on any atom is 0.255 e. The third-order valence-corrected chi connectivity index (χ3v) is 5.13. The number of carbonyl (C=O) groups excluding carboxylic acids is 1. The van der Waals surface area contributed by atoms with Gasteiger partial charge in [0.1, 0.15) is 29.6 Å². The third-order valence-electron chi connectivity index (χ3n) is 5.13. The molecule has 0 radical (unpaired) electrons. The molecule has 9 nitrogen and oxygen atoms in total. The molecule has 0 aliphatic carbocycles. The molecule has 1 aliphatic heterocycles. The molecule has 0 saturated carbocycles. The molecular formula is C22H23N5O4. The second-order valence-corrected chi connectivity index (χ2v) is 6.89. The normalized spacial score (nSPS) is 15.0. The van der Waals surface area contributed by atoms with Crippen molar-refractivity contribution in [3.8, 4) is 17.2 Å². The van der Waals surface area contributed by atoms with Crippen molar-refractivity contribution in [2.45, 2.75) is 13.0 Å². The van der Waals surface area contributed by atoms with Gasteiger partial charge in [-0.3, -0.25) is 4.79 Å². The van der Waals surface area contributed by atoms with Crippen molar-refractivity contribution >= 4 is 17.5 Å². The van der Waals surface area contributed by atoms with Crippen LogP contribution in [0.1, 0.15) is 18.5 Å². The maximum atomic E-state index is 13.5. The summed E-state index contributed by atoms with van der Waals surface area (Å²) in [5, 5.41) is 10.5. The standard InChI is InChI=1S/C22H23N5O4/c1-13-19(21(28)26-17-10-9-16(30-3)11-18(17)31-4)20(27-22(25-13)23-12-24-27)14-5-7-15(29-2)8-6-14/h5-12,20H,1-4H3,(H,26,28)(H,23,24,25). The van der Waals surface area contributed by atoms with E-state index in [0.29, 0.717) is 34.4 Å². The molecule has 2 aromatic carbocycles. The summed E-state index contributed by atoms with van der Waals surface area (Å²) < 4.78 is 17.6. The van der Waals surface area contributed by atoms with Gasteiger partial charge in [-0.15, -0.1) is 0 Å². The van der Waals surface area contributed by atoms with Crippen LogP contribution in [0.4, 0.5) is 11.6 Å². The number of benzene rings is 2. The Labute approximate surface area is 179 Å². The first kappa shape index (κ1) is 20.3. The fourth-order valence-electron chi connectivity index (χ4n) is 3.57. The number of hydrogen-bond donors (Lipinski definition) is 2. The molecule has 160 valence electrons. The minimum absolute atomic E-state index is 0.282. The van der Waals surface area contributed by atoms with E-state index in [0.717, 1.165) is 11.3 Å². The number of aromatic nitrogens is 3. The smallest absolute Gasteiger partial charge is 0.255 e. The molecular weight excluding hydrogens is 398 g/mol. The number of nitrogens with one attached hydrogen (secondary N) is 2. The zero-order valence-electron chi connectivity index (χ0n) is 17.7. The van der Waals surface area contributed by atoms with E-state index in [-0.39, 0.29) is 5.91 Å². The molecule has 1 aromatic heterocycles. The summed E-state index contributed by atoms with van der Waals surface area (Å²) in [4.78, 5) is 17.7. The molecule has 1 amide bonds. The number of ether oxygens (including phenoxy) is 3. The van der Waals surface area contributed by atoms with Crippen LogP contribution in [0.25, 0.3) is 0 Å². The van der Waals surface area contributed by atoms with Gasteiger partial charge in [0.2, 0.25) is 5.95 Å². The number of nitrogens with zero attached hydrogens (tertiary/aromatic N) is 3. The zero-order chi connectivity index (χ0) is 22.0. The van der Waals surface area contributed by atoms with Gasteiger partial charge in [-0.05, 0) is 36.8 Å². The van der Waals surface area contributed by atoms with Gasteiger partial charge in [0.15, 0.2) is 0 Å². The fourth-order valence-corrected chi connectivity index (χ4v) is 3.57. The highest BCUT2D eigenvalue weighted by Crippen LogP contribution is 2.37. The molecule has 1 aliphatic rings. The molecule has 31 heavy (non-hydrogen) atoms. The van der Waals surface area contributed by atoms with Gasteiger partial charge >= 0.3 is 0 Å². The predicted octanol–water partition coefficient (Wildman–Crippen LogP) is 3.23. The van der Waals surface area contributed by atoms with Crippen LogP contribution in [0.3, 0.4) is 0 Å². The fraction of sp³-hybridized carbons (Fsp3) is 0.227. The van der Waals surface area contributed by atoms with E-state index in [9.17, 15) is 4.79 Å². The third kappa shape index (κ3) is 3.77. The number of fused-ring (bicyclic) bond motifs is 1. The summed E-state index contributed by atoms with van der Waals surface area (Å²) >= 11 is 0. The lowest BCUT2D eigenvalue weighted by Crippen LogP contribution is -2.31. The van der Waals surface area contributed by atoms with Crippen LogP contribution in [0.15, 0.2) is 60.1 Å². The van der Waals surface area contributed by atoms with Crippen LogP contribution in [0.5, 0.6) is 17.2 Å². The Balaban J connectivity index is 1.73. The quantitative estimate of drug-likeness (QED) is 0.630. The summed E-state index contributed by atoms with van der Waals surface area (Å²) in [6.07, 6.45) is 1.46. The monoisotopic (exact) mass is 421 g/mol. The minimum atomic E-state index is -0.464. The van der Waals surface area contributed by atoms with Crippen molar-refractivity contribution in [2.24, 2.45) is 0 Å². The number of hydrogen-bond acceptors (Lipinski definition) is 7. The Morgan fingerprint density at radius 1 is 1.03 bits per heavy atom. The molecule has 0 fully saturated rings. The van der Waals surface area contributed by atoms with Gasteiger partial charge in [-0.2, -0.15) is 10.1 Å². The first-order chi connectivity index (χ1) is 15.0. The van der Waals surface area contributed by atoms with Crippen molar-refractivity contribution in [1.29, 1.82) is 0 Å². The predicted molar refractivity (Wildman–Crippen MR) is 116 cm³/mol. The van der Waals surface area contributed by atoms with Crippen molar-refractivity contribution < 1.29 is 19.0 Å².